The first-order valence-electron chi connectivity index (χ1n) is 13.4. The molecule has 232 valence electrons. The van der Waals surface area contributed by atoms with Crippen molar-refractivity contribution in [2.75, 3.05) is 59.2 Å². The van der Waals surface area contributed by atoms with Crippen LogP contribution in [-0.4, -0.2) is 96.4 Å². The van der Waals surface area contributed by atoms with Crippen molar-refractivity contribution >= 4 is 11.8 Å². The van der Waals surface area contributed by atoms with Crippen LogP contribution in [0.25, 0.3) is 0 Å². The highest BCUT2D eigenvalue weighted by Gasteiger charge is 2.41. The molecule has 2 amide bonds. The zero-order valence-corrected chi connectivity index (χ0v) is 22.7. The quantitative estimate of drug-likeness (QED) is 0.227. The lowest BCUT2D eigenvalue weighted by molar-refractivity contribution is -0.148. The Bertz CT molecular complexity index is 1270. The minimum absolute atomic E-state index is 0.0354. The molecule has 42 heavy (non-hydrogen) atoms. The van der Waals surface area contributed by atoms with Crippen LogP contribution in [0.2, 0.25) is 0 Å². The van der Waals surface area contributed by atoms with Crippen molar-refractivity contribution in [2.45, 2.75) is 38.1 Å². The number of aromatic nitrogens is 2. The van der Waals surface area contributed by atoms with Gasteiger partial charge in [0, 0.05) is 57.8 Å². The SMILES string of the molecule is NC(CC(=O)N1CCn2c(C(F)(F)F)nc(C(=O)NCCOCCN3CCOCC3)c2C1)Cc1cc(F)c(F)cc1F. The van der Waals surface area contributed by atoms with Gasteiger partial charge in [-0.3, -0.25) is 14.5 Å². The van der Waals surface area contributed by atoms with E-state index in [4.69, 9.17) is 15.2 Å². The monoisotopic (exact) mass is 606 g/mol. The van der Waals surface area contributed by atoms with E-state index in [1.54, 1.807) is 0 Å². The number of ether oxygens (including phenoxy) is 2. The highest BCUT2D eigenvalue weighted by molar-refractivity contribution is 5.93. The molecule has 1 atom stereocenters. The van der Waals surface area contributed by atoms with Crippen LogP contribution in [0.5, 0.6) is 0 Å². The van der Waals surface area contributed by atoms with Crippen LogP contribution < -0.4 is 11.1 Å². The van der Waals surface area contributed by atoms with Gasteiger partial charge in [0.1, 0.15) is 5.82 Å². The summed E-state index contributed by atoms with van der Waals surface area (Å²) in [6, 6.07) is 0.0566. The fourth-order valence-electron chi connectivity index (χ4n) is 4.85. The Labute approximate surface area is 237 Å². The first kappa shape index (κ1) is 31.7. The molecular weight excluding hydrogens is 574 g/mol. The number of rotatable bonds is 11. The van der Waals surface area contributed by atoms with E-state index in [1.807, 2.05) is 0 Å². The predicted octanol–water partition coefficient (Wildman–Crippen LogP) is 1.70. The number of hydrogen-bond acceptors (Lipinski definition) is 7. The number of hydrogen-bond donors (Lipinski definition) is 2. The third kappa shape index (κ3) is 7.99. The summed E-state index contributed by atoms with van der Waals surface area (Å²) in [5, 5.41) is 2.51. The molecule has 2 aliphatic heterocycles. The minimum Gasteiger partial charge on any atom is -0.379 e. The number of alkyl halides is 3. The largest absolute Gasteiger partial charge is 0.449 e. The molecule has 1 aromatic heterocycles. The summed E-state index contributed by atoms with van der Waals surface area (Å²) in [5.41, 5.74) is 5.19. The van der Waals surface area contributed by atoms with Crippen molar-refractivity contribution in [1.29, 1.82) is 0 Å². The van der Waals surface area contributed by atoms with Crippen molar-refractivity contribution in [3.05, 3.63) is 52.4 Å². The summed E-state index contributed by atoms with van der Waals surface area (Å²) >= 11 is 0. The summed E-state index contributed by atoms with van der Waals surface area (Å²) in [4.78, 5) is 32.7. The fraction of sp³-hybridized carbons (Fsp3) is 0.577. The number of imidazole rings is 1. The Hall–Kier alpha value is -3.21. The maximum Gasteiger partial charge on any atom is 0.449 e. The smallest absolute Gasteiger partial charge is 0.379 e. The third-order valence-electron chi connectivity index (χ3n) is 7.02. The van der Waals surface area contributed by atoms with Crippen LogP contribution in [0.1, 0.15) is 34.0 Å². The highest BCUT2D eigenvalue weighted by atomic mass is 19.4. The molecule has 0 bridgehead atoms. The van der Waals surface area contributed by atoms with Crippen LogP contribution in [0.4, 0.5) is 26.3 Å². The molecule has 3 N–H and O–H groups in total. The Morgan fingerprint density at radius 3 is 2.48 bits per heavy atom. The van der Waals surface area contributed by atoms with Crippen LogP contribution in [-0.2, 0) is 40.0 Å². The summed E-state index contributed by atoms with van der Waals surface area (Å²) < 4.78 is 93.4. The molecule has 10 nitrogen and oxygen atoms in total. The van der Waals surface area contributed by atoms with E-state index in [0.717, 1.165) is 17.7 Å². The average Bonchev–Trinajstić information content (AvgIpc) is 3.34. The van der Waals surface area contributed by atoms with E-state index in [9.17, 15) is 35.9 Å². The molecule has 0 saturated carbocycles. The number of amides is 2. The minimum atomic E-state index is -4.83. The Morgan fingerprint density at radius 1 is 1.05 bits per heavy atom. The third-order valence-corrected chi connectivity index (χ3v) is 7.02. The van der Waals surface area contributed by atoms with Gasteiger partial charge in [-0.15, -0.1) is 0 Å². The van der Waals surface area contributed by atoms with Crippen molar-refractivity contribution in [1.82, 2.24) is 24.7 Å². The number of benzene rings is 1. The molecule has 1 aromatic carbocycles. The lowest BCUT2D eigenvalue weighted by Gasteiger charge is -2.30. The molecule has 0 radical (unpaired) electrons. The van der Waals surface area contributed by atoms with Crippen molar-refractivity contribution < 1.29 is 45.4 Å². The number of fused-ring (bicyclic) bond motifs is 1. The van der Waals surface area contributed by atoms with Gasteiger partial charge < -0.3 is 30.0 Å². The maximum atomic E-state index is 14.0. The van der Waals surface area contributed by atoms with Gasteiger partial charge in [0.25, 0.3) is 5.91 Å². The molecule has 0 spiro atoms. The second-order valence-corrected chi connectivity index (χ2v) is 10.0. The standard InChI is InChI=1S/C26H32F6N6O4/c27-18-14-20(29)19(28)12-16(18)11-17(33)13-22(39)37-2-3-38-21(15-37)23(35-25(38)26(30,31)32)24(40)34-1-7-41-8-4-36-5-9-42-10-6-36/h12,14,17H,1-11,13,15,33H2,(H,34,40). The molecular formula is C26H32F6N6O4. The van der Waals surface area contributed by atoms with Gasteiger partial charge in [-0.25, -0.2) is 18.2 Å². The van der Waals surface area contributed by atoms with Gasteiger partial charge in [0.05, 0.1) is 38.7 Å². The van der Waals surface area contributed by atoms with E-state index >= 15 is 0 Å². The lowest BCUT2D eigenvalue weighted by atomic mass is 10.0. The number of carbonyl (C=O) groups excluding carboxylic acids is 2. The topological polar surface area (TPSA) is 115 Å². The van der Waals surface area contributed by atoms with Crippen molar-refractivity contribution in [3.8, 4) is 0 Å². The van der Waals surface area contributed by atoms with Gasteiger partial charge in [-0.1, -0.05) is 0 Å². The zero-order chi connectivity index (χ0) is 30.4. The maximum absolute atomic E-state index is 14.0. The van der Waals surface area contributed by atoms with Gasteiger partial charge in [0.2, 0.25) is 11.7 Å². The number of halogens is 6. The molecule has 2 aromatic rings. The summed E-state index contributed by atoms with van der Waals surface area (Å²) in [6.45, 7) is 3.44. The van der Waals surface area contributed by atoms with Gasteiger partial charge in [-0.05, 0) is 18.1 Å². The number of carbonyl (C=O) groups is 2. The molecule has 0 aliphatic carbocycles. The van der Waals surface area contributed by atoms with Crippen LogP contribution in [0, 0.1) is 17.5 Å². The van der Waals surface area contributed by atoms with E-state index in [2.05, 4.69) is 15.2 Å². The normalized spacial score (nSPS) is 16.8. The zero-order valence-electron chi connectivity index (χ0n) is 22.7. The first-order valence-corrected chi connectivity index (χ1v) is 13.4. The summed E-state index contributed by atoms with van der Waals surface area (Å²) in [6.07, 6.45) is -5.46. The Morgan fingerprint density at radius 2 is 1.76 bits per heavy atom. The second-order valence-electron chi connectivity index (χ2n) is 10.0. The Balaban J connectivity index is 1.35. The van der Waals surface area contributed by atoms with Gasteiger partial charge >= 0.3 is 6.18 Å². The number of nitrogens with two attached hydrogens (primary N) is 1. The van der Waals surface area contributed by atoms with Gasteiger partial charge in [0.15, 0.2) is 17.3 Å². The van der Waals surface area contributed by atoms with E-state index in [-0.39, 0.29) is 56.9 Å². The van der Waals surface area contributed by atoms with Crippen molar-refractivity contribution in [3.63, 3.8) is 0 Å². The second kappa shape index (κ2) is 13.8. The first-order chi connectivity index (χ1) is 19.9. The van der Waals surface area contributed by atoms with E-state index < -0.39 is 53.0 Å². The molecule has 1 saturated heterocycles. The molecule has 16 heteroatoms. The Kier molecular flexibility index (Phi) is 10.5. The molecule has 4 rings (SSSR count). The number of nitrogens with one attached hydrogen (secondary N) is 1. The van der Waals surface area contributed by atoms with E-state index in [1.165, 1.54) is 4.90 Å². The lowest BCUT2D eigenvalue weighted by Crippen LogP contribution is -2.42. The summed E-state index contributed by atoms with van der Waals surface area (Å²) in [5.74, 6) is -6.30. The van der Waals surface area contributed by atoms with Crippen LogP contribution >= 0.6 is 0 Å². The van der Waals surface area contributed by atoms with Crippen LogP contribution in [0.3, 0.4) is 0 Å². The predicted molar refractivity (Wildman–Crippen MR) is 136 cm³/mol. The molecule has 1 unspecified atom stereocenters. The fourth-order valence-corrected chi connectivity index (χ4v) is 4.85. The molecule has 3 heterocycles. The molecule has 1 fully saturated rings. The summed E-state index contributed by atoms with van der Waals surface area (Å²) in [7, 11) is 0. The molecule has 2 aliphatic rings. The van der Waals surface area contributed by atoms with Crippen molar-refractivity contribution in [2.24, 2.45) is 5.73 Å². The van der Waals surface area contributed by atoms with E-state index in [0.29, 0.717) is 38.5 Å². The highest BCUT2D eigenvalue weighted by Crippen LogP contribution is 2.32. The van der Waals surface area contributed by atoms with Gasteiger partial charge in [-0.2, -0.15) is 13.2 Å². The van der Waals surface area contributed by atoms with Crippen LogP contribution in [0.15, 0.2) is 12.1 Å². The average molecular weight is 607 g/mol. The number of morpholine rings is 1. The number of nitrogens with zero attached hydrogens (tertiary/aromatic N) is 4.